The number of rotatable bonds is 2. The number of nitrogens with zero attached hydrogens (tertiary/aromatic N) is 2. The molecule has 0 aliphatic carbocycles. The zero-order valence-electron chi connectivity index (χ0n) is 5.78. The standard InChI is InChI=1S/C6H10N2O2/c1-8-2-5(3-9)6(4-10)7-8/h2,9-10H,3-4H2,1H3. The summed E-state index contributed by atoms with van der Waals surface area (Å²) in [6, 6.07) is 0. The molecule has 56 valence electrons. The molecule has 0 saturated carbocycles. The maximum atomic E-state index is 8.70. The van der Waals surface area contributed by atoms with E-state index in [0.717, 1.165) is 0 Å². The van der Waals surface area contributed by atoms with Crippen LogP contribution in [0.1, 0.15) is 11.3 Å². The molecule has 2 N–H and O–H groups in total. The smallest absolute Gasteiger partial charge is 0.0933 e. The van der Waals surface area contributed by atoms with Crippen molar-refractivity contribution in [1.29, 1.82) is 0 Å². The quantitative estimate of drug-likeness (QED) is 0.580. The molecule has 0 bridgehead atoms. The fourth-order valence-corrected chi connectivity index (χ4v) is 0.849. The third-order valence-electron chi connectivity index (χ3n) is 1.31. The fourth-order valence-electron chi connectivity index (χ4n) is 0.849. The Morgan fingerprint density at radius 3 is 2.60 bits per heavy atom. The van der Waals surface area contributed by atoms with Gasteiger partial charge >= 0.3 is 0 Å². The van der Waals surface area contributed by atoms with Crippen LogP contribution in [-0.2, 0) is 20.3 Å². The minimum Gasteiger partial charge on any atom is -0.392 e. The van der Waals surface area contributed by atoms with Crippen LogP contribution in [0.4, 0.5) is 0 Å². The SMILES string of the molecule is Cn1cc(CO)c(CO)n1. The summed E-state index contributed by atoms with van der Waals surface area (Å²) in [5.74, 6) is 0. The van der Waals surface area contributed by atoms with Crippen LogP contribution in [0.2, 0.25) is 0 Å². The van der Waals surface area contributed by atoms with Crippen molar-refractivity contribution < 1.29 is 10.2 Å². The topological polar surface area (TPSA) is 58.3 Å². The van der Waals surface area contributed by atoms with Gasteiger partial charge in [-0.1, -0.05) is 0 Å². The number of aliphatic hydroxyl groups excluding tert-OH is 2. The first kappa shape index (κ1) is 7.24. The lowest BCUT2D eigenvalue weighted by Gasteiger charge is -1.89. The van der Waals surface area contributed by atoms with Gasteiger partial charge < -0.3 is 10.2 Å². The van der Waals surface area contributed by atoms with Crippen LogP contribution in [0.5, 0.6) is 0 Å². The average Bonchev–Trinajstić information content (AvgIpc) is 2.30. The Balaban J connectivity index is 2.96. The molecular formula is C6H10N2O2. The van der Waals surface area contributed by atoms with Gasteiger partial charge in [-0.2, -0.15) is 5.10 Å². The number of aliphatic hydroxyl groups is 2. The molecular weight excluding hydrogens is 132 g/mol. The molecule has 0 fully saturated rings. The van der Waals surface area contributed by atoms with Crippen LogP contribution in [0.3, 0.4) is 0 Å². The van der Waals surface area contributed by atoms with Crippen molar-refractivity contribution in [3.05, 3.63) is 17.5 Å². The zero-order valence-corrected chi connectivity index (χ0v) is 5.78. The van der Waals surface area contributed by atoms with Gasteiger partial charge in [0, 0.05) is 18.8 Å². The molecule has 0 radical (unpaired) electrons. The molecule has 4 heteroatoms. The monoisotopic (exact) mass is 142 g/mol. The molecule has 1 heterocycles. The van der Waals surface area contributed by atoms with E-state index in [-0.39, 0.29) is 13.2 Å². The molecule has 1 aromatic heterocycles. The number of hydrogen-bond acceptors (Lipinski definition) is 3. The summed E-state index contributed by atoms with van der Waals surface area (Å²) in [7, 11) is 1.75. The van der Waals surface area contributed by atoms with E-state index in [0.29, 0.717) is 11.3 Å². The van der Waals surface area contributed by atoms with Crippen molar-refractivity contribution in [3.8, 4) is 0 Å². The normalized spacial score (nSPS) is 10.3. The number of aryl methyl sites for hydroxylation is 1. The Labute approximate surface area is 58.7 Å². The molecule has 0 unspecified atom stereocenters. The lowest BCUT2D eigenvalue weighted by Crippen LogP contribution is -1.91. The molecule has 10 heavy (non-hydrogen) atoms. The van der Waals surface area contributed by atoms with Gasteiger partial charge in [0.25, 0.3) is 0 Å². The predicted octanol–water partition coefficient (Wildman–Crippen LogP) is -0.595. The van der Waals surface area contributed by atoms with E-state index in [2.05, 4.69) is 5.10 Å². The van der Waals surface area contributed by atoms with Crippen LogP contribution in [-0.4, -0.2) is 20.0 Å². The summed E-state index contributed by atoms with van der Waals surface area (Å²) in [6.45, 7) is -0.180. The van der Waals surface area contributed by atoms with E-state index >= 15 is 0 Å². The highest BCUT2D eigenvalue weighted by Crippen LogP contribution is 2.04. The Kier molecular flexibility index (Phi) is 2.03. The van der Waals surface area contributed by atoms with Crippen LogP contribution in [0.25, 0.3) is 0 Å². The van der Waals surface area contributed by atoms with Crippen LogP contribution >= 0.6 is 0 Å². The minimum absolute atomic E-state index is 0.0657. The van der Waals surface area contributed by atoms with Gasteiger partial charge in [0.1, 0.15) is 0 Å². The maximum absolute atomic E-state index is 8.70. The van der Waals surface area contributed by atoms with Crippen LogP contribution < -0.4 is 0 Å². The summed E-state index contributed by atoms with van der Waals surface area (Å²) >= 11 is 0. The first-order valence-electron chi connectivity index (χ1n) is 3.01. The van der Waals surface area contributed by atoms with Crippen molar-refractivity contribution in [2.24, 2.45) is 7.05 Å². The van der Waals surface area contributed by atoms with Crippen LogP contribution in [0.15, 0.2) is 6.20 Å². The van der Waals surface area contributed by atoms with Crippen molar-refractivity contribution in [1.82, 2.24) is 9.78 Å². The fraction of sp³-hybridized carbons (Fsp3) is 0.500. The molecule has 1 aromatic rings. The van der Waals surface area contributed by atoms with Crippen molar-refractivity contribution in [2.75, 3.05) is 0 Å². The molecule has 1 rings (SSSR count). The van der Waals surface area contributed by atoms with E-state index in [1.807, 2.05) is 0 Å². The Hall–Kier alpha value is -0.870. The van der Waals surface area contributed by atoms with E-state index in [1.165, 1.54) is 0 Å². The largest absolute Gasteiger partial charge is 0.392 e. The first-order valence-corrected chi connectivity index (χ1v) is 3.01. The van der Waals surface area contributed by atoms with Gasteiger partial charge in [0.15, 0.2) is 0 Å². The second-order valence-corrected chi connectivity index (χ2v) is 2.09. The lowest BCUT2D eigenvalue weighted by atomic mass is 10.3. The number of hydrogen-bond donors (Lipinski definition) is 2. The third-order valence-corrected chi connectivity index (χ3v) is 1.31. The molecule has 0 atom stereocenters. The van der Waals surface area contributed by atoms with Gasteiger partial charge in [0.2, 0.25) is 0 Å². The van der Waals surface area contributed by atoms with Crippen molar-refractivity contribution >= 4 is 0 Å². The third kappa shape index (κ3) is 1.17. The molecule has 4 nitrogen and oxygen atoms in total. The van der Waals surface area contributed by atoms with E-state index in [9.17, 15) is 0 Å². The van der Waals surface area contributed by atoms with Crippen molar-refractivity contribution in [3.63, 3.8) is 0 Å². The molecule has 0 aliphatic heterocycles. The highest BCUT2D eigenvalue weighted by molar-refractivity contribution is 5.14. The number of aromatic nitrogens is 2. The van der Waals surface area contributed by atoms with Gasteiger partial charge in [-0.15, -0.1) is 0 Å². The zero-order chi connectivity index (χ0) is 7.56. The van der Waals surface area contributed by atoms with E-state index in [1.54, 1.807) is 17.9 Å². The van der Waals surface area contributed by atoms with Gasteiger partial charge in [-0.3, -0.25) is 4.68 Å². The highest BCUT2D eigenvalue weighted by atomic mass is 16.3. The summed E-state index contributed by atoms with van der Waals surface area (Å²) in [5.41, 5.74) is 1.23. The predicted molar refractivity (Wildman–Crippen MR) is 35.1 cm³/mol. The van der Waals surface area contributed by atoms with Crippen LogP contribution in [0, 0.1) is 0 Å². The maximum Gasteiger partial charge on any atom is 0.0933 e. The second kappa shape index (κ2) is 2.81. The Morgan fingerprint density at radius 2 is 2.20 bits per heavy atom. The Bertz CT molecular complexity index is 198. The summed E-state index contributed by atoms with van der Waals surface area (Å²) in [6.07, 6.45) is 1.69. The summed E-state index contributed by atoms with van der Waals surface area (Å²) in [5, 5.41) is 21.3. The summed E-state index contributed by atoms with van der Waals surface area (Å²) in [4.78, 5) is 0. The molecule has 0 amide bonds. The summed E-state index contributed by atoms with van der Waals surface area (Å²) < 4.78 is 1.57. The highest BCUT2D eigenvalue weighted by Gasteiger charge is 2.03. The Morgan fingerprint density at radius 1 is 1.50 bits per heavy atom. The molecule has 0 aliphatic rings. The first-order chi connectivity index (χ1) is 4.77. The van der Waals surface area contributed by atoms with E-state index < -0.39 is 0 Å². The van der Waals surface area contributed by atoms with E-state index in [4.69, 9.17) is 10.2 Å². The lowest BCUT2D eigenvalue weighted by molar-refractivity contribution is 0.257. The molecule has 0 aromatic carbocycles. The van der Waals surface area contributed by atoms with Gasteiger partial charge in [-0.05, 0) is 0 Å². The van der Waals surface area contributed by atoms with Crippen molar-refractivity contribution in [2.45, 2.75) is 13.2 Å². The minimum atomic E-state index is -0.114. The molecule has 0 saturated heterocycles. The molecule has 0 spiro atoms. The van der Waals surface area contributed by atoms with Gasteiger partial charge in [0.05, 0.1) is 18.9 Å². The average molecular weight is 142 g/mol. The van der Waals surface area contributed by atoms with Gasteiger partial charge in [-0.25, -0.2) is 0 Å². The second-order valence-electron chi connectivity index (χ2n) is 2.09.